The molecule has 3 N–H and O–H groups in total. The van der Waals surface area contributed by atoms with Crippen LogP contribution in [0.5, 0.6) is 0 Å². The van der Waals surface area contributed by atoms with E-state index in [-0.39, 0.29) is 35.4 Å². The van der Waals surface area contributed by atoms with Gasteiger partial charge in [0.05, 0.1) is 18.1 Å². The highest BCUT2D eigenvalue weighted by molar-refractivity contribution is 7.91. The van der Waals surface area contributed by atoms with Crippen molar-refractivity contribution >= 4 is 21.8 Å². The Labute approximate surface area is 119 Å². The first-order chi connectivity index (χ1) is 9.07. The minimum atomic E-state index is -3.01. The van der Waals surface area contributed by atoms with Gasteiger partial charge in [-0.25, -0.2) is 13.2 Å². The van der Waals surface area contributed by atoms with Gasteiger partial charge in [0.25, 0.3) is 0 Å². The number of nitrogens with one attached hydrogen (secondary N) is 3. The first-order valence-corrected chi connectivity index (χ1v) is 8.41. The molecule has 8 heteroatoms. The van der Waals surface area contributed by atoms with Crippen LogP contribution in [-0.2, 0) is 14.6 Å². The van der Waals surface area contributed by atoms with Gasteiger partial charge in [0.15, 0.2) is 9.84 Å². The van der Waals surface area contributed by atoms with Gasteiger partial charge < -0.3 is 16.0 Å². The molecule has 7 nitrogen and oxygen atoms in total. The van der Waals surface area contributed by atoms with Crippen LogP contribution in [0.4, 0.5) is 4.79 Å². The summed E-state index contributed by atoms with van der Waals surface area (Å²) >= 11 is 0. The molecule has 0 aromatic heterocycles. The van der Waals surface area contributed by atoms with Gasteiger partial charge in [-0.15, -0.1) is 0 Å². The average Bonchev–Trinajstić information content (AvgIpc) is 2.62. The van der Waals surface area contributed by atoms with Crippen molar-refractivity contribution in [3.8, 4) is 0 Å². The molecule has 1 heterocycles. The van der Waals surface area contributed by atoms with Crippen molar-refractivity contribution in [2.45, 2.75) is 33.2 Å². The fraction of sp³-hybridized carbons (Fsp3) is 0.833. The van der Waals surface area contributed by atoms with Crippen LogP contribution in [0.2, 0.25) is 0 Å². The Morgan fingerprint density at radius 3 is 2.35 bits per heavy atom. The summed E-state index contributed by atoms with van der Waals surface area (Å²) in [5.41, 5.74) is -0.0300. The highest BCUT2D eigenvalue weighted by Crippen LogP contribution is 2.11. The average molecular weight is 305 g/mol. The van der Waals surface area contributed by atoms with Gasteiger partial charge in [-0.3, -0.25) is 4.79 Å². The van der Waals surface area contributed by atoms with E-state index >= 15 is 0 Å². The van der Waals surface area contributed by atoms with Crippen LogP contribution in [0.1, 0.15) is 27.2 Å². The molecule has 0 spiro atoms. The maximum atomic E-state index is 11.6. The summed E-state index contributed by atoms with van der Waals surface area (Å²) in [4.78, 5) is 23.0. The molecule has 0 bridgehead atoms. The SMILES string of the molecule is CC(C)(C)CNC(=O)NCC(=O)NC1CCS(=O)(=O)C1. The Morgan fingerprint density at radius 1 is 1.20 bits per heavy atom. The number of rotatable bonds is 4. The van der Waals surface area contributed by atoms with Gasteiger partial charge in [0.2, 0.25) is 5.91 Å². The highest BCUT2D eigenvalue weighted by Gasteiger charge is 2.28. The second kappa shape index (κ2) is 6.43. The maximum Gasteiger partial charge on any atom is 0.315 e. The molecule has 0 aromatic rings. The molecule has 0 saturated carbocycles. The van der Waals surface area contributed by atoms with E-state index in [4.69, 9.17) is 0 Å². The van der Waals surface area contributed by atoms with E-state index in [1.165, 1.54) is 0 Å². The molecule has 0 radical (unpaired) electrons. The van der Waals surface area contributed by atoms with E-state index in [9.17, 15) is 18.0 Å². The van der Waals surface area contributed by atoms with Gasteiger partial charge in [0, 0.05) is 12.6 Å². The molecule has 1 aliphatic heterocycles. The lowest BCUT2D eigenvalue weighted by Gasteiger charge is -2.19. The van der Waals surface area contributed by atoms with Crippen molar-refractivity contribution < 1.29 is 18.0 Å². The number of carbonyl (C=O) groups excluding carboxylic acids is 2. The Kier molecular flexibility index (Phi) is 5.38. The molecule has 0 aromatic carbocycles. The number of hydrogen-bond acceptors (Lipinski definition) is 4. The standard InChI is InChI=1S/C12H23N3O4S/c1-12(2,3)8-14-11(17)13-6-10(16)15-9-4-5-20(18,19)7-9/h9H,4-8H2,1-3H3,(H,15,16)(H2,13,14,17). The van der Waals surface area contributed by atoms with Crippen LogP contribution in [0, 0.1) is 5.41 Å². The Bertz CT molecular complexity index is 468. The van der Waals surface area contributed by atoms with Crippen LogP contribution in [0.15, 0.2) is 0 Å². The summed E-state index contributed by atoms with van der Waals surface area (Å²) in [5.74, 6) is -0.287. The van der Waals surface area contributed by atoms with E-state index in [0.29, 0.717) is 13.0 Å². The first-order valence-electron chi connectivity index (χ1n) is 6.59. The van der Waals surface area contributed by atoms with Crippen LogP contribution in [-0.4, -0.2) is 51.0 Å². The van der Waals surface area contributed by atoms with Crippen molar-refractivity contribution in [3.63, 3.8) is 0 Å². The fourth-order valence-electron chi connectivity index (χ4n) is 1.76. The van der Waals surface area contributed by atoms with E-state index in [1.807, 2.05) is 20.8 Å². The zero-order valence-electron chi connectivity index (χ0n) is 12.2. The van der Waals surface area contributed by atoms with Crippen LogP contribution < -0.4 is 16.0 Å². The third-order valence-electron chi connectivity index (χ3n) is 2.79. The van der Waals surface area contributed by atoms with E-state index in [1.54, 1.807) is 0 Å². The summed E-state index contributed by atoms with van der Waals surface area (Å²) in [5, 5.41) is 7.70. The number of urea groups is 1. The fourth-order valence-corrected chi connectivity index (χ4v) is 3.43. The van der Waals surface area contributed by atoms with E-state index in [2.05, 4.69) is 16.0 Å². The Morgan fingerprint density at radius 2 is 1.85 bits per heavy atom. The summed E-state index contributed by atoms with van der Waals surface area (Å²) in [6, 6.07) is -0.749. The molecule has 20 heavy (non-hydrogen) atoms. The summed E-state index contributed by atoms with van der Waals surface area (Å²) in [7, 11) is -3.01. The maximum absolute atomic E-state index is 11.6. The zero-order chi connectivity index (χ0) is 15.4. The lowest BCUT2D eigenvalue weighted by atomic mass is 9.97. The van der Waals surface area contributed by atoms with Crippen molar-refractivity contribution in [1.82, 2.24) is 16.0 Å². The second-order valence-electron chi connectivity index (χ2n) is 6.26. The predicted octanol–water partition coefficient (Wildman–Crippen LogP) is -0.365. The normalized spacial score (nSPS) is 21.2. The highest BCUT2D eigenvalue weighted by atomic mass is 32.2. The molecule has 1 fully saturated rings. The van der Waals surface area contributed by atoms with Crippen molar-refractivity contribution in [3.05, 3.63) is 0 Å². The summed E-state index contributed by atoms with van der Waals surface area (Å²) in [6.45, 7) is 6.30. The quantitative estimate of drug-likeness (QED) is 0.659. The van der Waals surface area contributed by atoms with Crippen molar-refractivity contribution in [1.29, 1.82) is 0 Å². The molecule has 1 atom stereocenters. The molecule has 1 rings (SSSR count). The lowest BCUT2D eigenvalue weighted by Crippen LogP contribution is -2.46. The van der Waals surface area contributed by atoms with Gasteiger partial charge >= 0.3 is 6.03 Å². The molecule has 1 saturated heterocycles. The third-order valence-corrected chi connectivity index (χ3v) is 4.55. The largest absolute Gasteiger partial charge is 0.351 e. The molecule has 1 aliphatic rings. The van der Waals surface area contributed by atoms with Crippen LogP contribution in [0.3, 0.4) is 0 Å². The number of amides is 3. The monoisotopic (exact) mass is 305 g/mol. The minimum Gasteiger partial charge on any atom is -0.351 e. The number of hydrogen-bond donors (Lipinski definition) is 3. The van der Waals surface area contributed by atoms with Gasteiger partial charge in [-0.2, -0.15) is 0 Å². The molecule has 1 unspecified atom stereocenters. The summed E-state index contributed by atoms with van der Waals surface area (Å²) in [6.07, 6.45) is 0.435. The topological polar surface area (TPSA) is 104 Å². The van der Waals surface area contributed by atoms with Gasteiger partial charge in [-0.05, 0) is 11.8 Å². The van der Waals surface area contributed by atoms with Crippen LogP contribution >= 0.6 is 0 Å². The molecule has 3 amide bonds. The molecular weight excluding hydrogens is 282 g/mol. The molecular formula is C12H23N3O4S. The Balaban J connectivity index is 2.22. The smallest absolute Gasteiger partial charge is 0.315 e. The van der Waals surface area contributed by atoms with Crippen molar-refractivity contribution in [2.24, 2.45) is 5.41 Å². The number of sulfone groups is 1. The van der Waals surface area contributed by atoms with Gasteiger partial charge in [-0.1, -0.05) is 20.8 Å². The third kappa shape index (κ3) is 6.74. The van der Waals surface area contributed by atoms with Gasteiger partial charge in [0.1, 0.15) is 0 Å². The first kappa shape index (κ1) is 16.7. The molecule has 0 aliphatic carbocycles. The zero-order valence-corrected chi connectivity index (χ0v) is 13.0. The van der Waals surface area contributed by atoms with Crippen molar-refractivity contribution in [2.75, 3.05) is 24.6 Å². The number of carbonyl (C=O) groups is 2. The molecule has 116 valence electrons. The second-order valence-corrected chi connectivity index (χ2v) is 8.49. The lowest BCUT2D eigenvalue weighted by molar-refractivity contribution is -0.120. The van der Waals surface area contributed by atoms with E-state index < -0.39 is 15.9 Å². The minimum absolute atomic E-state index is 0.0189. The Hall–Kier alpha value is -1.31. The summed E-state index contributed by atoms with van der Waals surface area (Å²) < 4.78 is 22.5. The predicted molar refractivity (Wildman–Crippen MR) is 76.1 cm³/mol. The van der Waals surface area contributed by atoms with Crippen LogP contribution in [0.25, 0.3) is 0 Å². The van der Waals surface area contributed by atoms with E-state index in [0.717, 1.165) is 0 Å².